The van der Waals surface area contributed by atoms with E-state index < -0.39 is 10.8 Å². The average molecular weight is 439 g/mol. The molecule has 3 aromatic rings. The molecule has 0 bridgehead atoms. The molecule has 7 heteroatoms. The predicted molar refractivity (Wildman–Crippen MR) is 110 cm³/mol. The number of carbonyl (C=O) groups excluding carboxylic acids is 2. The molecule has 0 N–H and O–H groups in total. The van der Waals surface area contributed by atoms with Crippen molar-refractivity contribution in [3.8, 4) is 11.1 Å². The quantitative estimate of drug-likeness (QED) is 0.323. The van der Waals surface area contributed by atoms with Crippen molar-refractivity contribution in [2.24, 2.45) is 0 Å². The molecule has 140 valence electrons. The van der Waals surface area contributed by atoms with Gasteiger partial charge in [-0.25, -0.2) is 0 Å². The molecular formula is C21H15BrN2O4. The number of nitro groups is 1. The van der Waals surface area contributed by atoms with E-state index in [1.807, 2.05) is 19.1 Å². The molecule has 1 heterocycles. The second-order valence-electron chi connectivity index (χ2n) is 6.62. The first kappa shape index (κ1) is 18.3. The summed E-state index contributed by atoms with van der Waals surface area (Å²) in [5.74, 6) is -0.879. The minimum atomic E-state index is -0.502. The summed E-state index contributed by atoms with van der Waals surface area (Å²) in [6, 6.07) is 11.9. The number of rotatable bonds is 3. The summed E-state index contributed by atoms with van der Waals surface area (Å²) in [5, 5.41) is 12.9. The zero-order valence-corrected chi connectivity index (χ0v) is 16.7. The highest BCUT2D eigenvalue weighted by Gasteiger charge is 2.35. The van der Waals surface area contributed by atoms with Crippen LogP contribution in [0.2, 0.25) is 0 Å². The fourth-order valence-electron chi connectivity index (χ4n) is 3.73. The molecule has 1 aliphatic heterocycles. The van der Waals surface area contributed by atoms with Gasteiger partial charge in [0.05, 0.1) is 16.1 Å². The highest BCUT2D eigenvalue weighted by molar-refractivity contribution is 9.10. The third-order valence-corrected chi connectivity index (χ3v) is 5.94. The molecule has 28 heavy (non-hydrogen) atoms. The maximum Gasteiger partial charge on any atom is 0.278 e. The second kappa shape index (κ2) is 6.53. The number of amides is 2. The van der Waals surface area contributed by atoms with Crippen LogP contribution in [0.5, 0.6) is 0 Å². The Hall–Kier alpha value is -3.06. The van der Waals surface area contributed by atoms with Crippen molar-refractivity contribution in [2.45, 2.75) is 13.8 Å². The van der Waals surface area contributed by atoms with Gasteiger partial charge >= 0.3 is 0 Å². The lowest BCUT2D eigenvalue weighted by atomic mass is 9.87. The van der Waals surface area contributed by atoms with Gasteiger partial charge in [-0.15, -0.1) is 0 Å². The number of halogens is 1. The molecule has 0 fully saturated rings. The Bertz CT molecular complexity index is 1200. The summed E-state index contributed by atoms with van der Waals surface area (Å²) in [6.07, 6.45) is 0. The maximum absolute atomic E-state index is 12.8. The number of nitrogens with zero attached hydrogens (tertiary/aromatic N) is 2. The fraction of sp³-hybridized carbons (Fsp3) is 0.143. The van der Waals surface area contributed by atoms with Gasteiger partial charge in [-0.05, 0) is 42.5 Å². The maximum atomic E-state index is 12.8. The largest absolute Gasteiger partial charge is 0.278 e. The first-order valence-electron chi connectivity index (χ1n) is 8.72. The Morgan fingerprint density at radius 3 is 2.43 bits per heavy atom. The molecule has 0 saturated carbocycles. The fourth-order valence-corrected chi connectivity index (χ4v) is 3.98. The van der Waals surface area contributed by atoms with E-state index in [2.05, 4.69) is 15.9 Å². The predicted octanol–water partition coefficient (Wildman–Crippen LogP) is 5.10. The smallest absolute Gasteiger partial charge is 0.275 e. The van der Waals surface area contributed by atoms with Crippen LogP contribution in [-0.2, 0) is 0 Å². The van der Waals surface area contributed by atoms with Gasteiger partial charge in [0.15, 0.2) is 0 Å². The third kappa shape index (κ3) is 2.54. The molecule has 0 saturated heterocycles. The van der Waals surface area contributed by atoms with Gasteiger partial charge in [-0.1, -0.05) is 40.2 Å². The van der Waals surface area contributed by atoms with Crippen LogP contribution in [0.1, 0.15) is 33.2 Å². The number of hydrogen-bond donors (Lipinski definition) is 0. The molecule has 0 aromatic heterocycles. The van der Waals surface area contributed by atoms with Crippen molar-refractivity contribution in [1.29, 1.82) is 0 Å². The minimum absolute atomic E-state index is 0.153. The van der Waals surface area contributed by atoms with Crippen LogP contribution < -0.4 is 0 Å². The standard InChI is InChI=1S/C21H15BrN2O4/c1-3-23-20(25)14-6-4-5-13-18(12-7-8-16(22)11(2)9-12)17(24(27)28)10-15(19(13)14)21(23)26/h4-10H,3H2,1-2H3. The van der Waals surface area contributed by atoms with Gasteiger partial charge in [0.2, 0.25) is 0 Å². The Labute approximate surface area is 169 Å². The zero-order chi connectivity index (χ0) is 20.2. The van der Waals surface area contributed by atoms with Gasteiger partial charge in [-0.3, -0.25) is 24.6 Å². The third-order valence-electron chi connectivity index (χ3n) is 5.05. The molecule has 2 amide bonds. The Kier molecular flexibility index (Phi) is 4.27. The van der Waals surface area contributed by atoms with Crippen LogP contribution in [0.4, 0.5) is 5.69 Å². The second-order valence-corrected chi connectivity index (χ2v) is 7.48. The molecule has 3 aromatic carbocycles. The van der Waals surface area contributed by atoms with E-state index in [4.69, 9.17) is 0 Å². The lowest BCUT2D eigenvalue weighted by Crippen LogP contribution is -2.40. The van der Waals surface area contributed by atoms with E-state index in [9.17, 15) is 19.7 Å². The molecule has 0 spiro atoms. The summed E-state index contributed by atoms with van der Waals surface area (Å²) >= 11 is 3.44. The van der Waals surface area contributed by atoms with E-state index in [1.165, 1.54) is 6.07 Å². The monoisotopic (exact) mass is 438 g/mol. The topological polar surface area (TPSA) is 80.5 Å². The van der Waals surface area contributed by atoms with E-state index >= 15 is 0 Å². The van der Waals surface area contributed by atoms with E-state index in [1.54, 1.807) is 31.2 Å². The van der Waals surface area contributed by atoms with Crippen molar-refractivity contribution in [3.05, 3.63) is 73.7 Å². The van der Waals surface area contributed by atoms with Gasteiger partial charge in [0.25, 0.3) is 17.5 Å². The molecule has 6 nitrogen and oxygen atoms in total. The molecule has 1 aliphatic rings. The molecule has 0 atom stereocenters. The van der Waals surface area contributed by atoms with Crippen LogP contribution in [0.3, 0.4) is 0 Å². The molecular weight excluding hydrogens is 424 g/mol. The number of aryl methyl sites for hydroxylation is 1. The highest BCUT2D eigenvalue weighted by atomic mass is 79.9. The number of hydrogen-bond acceptors (Lipinski definition) is 4. The number of nitro benzene ring substituents is 1. The highest BCUT2D eigenvalue weighted by Crippen LogP contribution is 2.42. The Morgan fingerprint density at radius 2 is 1.79 bits per heavy atom. The minimum Gasteiger partial charge on any atom is -0.275 e. The van der Waals surface area contributed by atoms with Gasteiger partial charge in [0.1, 0.15) is 0 Å². The van der Waals surface area contributed by atoms with Crippen LogP contribution in [0.25, 0.3) is 21.9 Å². The normalized spacial score (nSPS) is 13.3. The van der Waals surface area contributed by atoms with Crippen molar-refractivity contribution in [1.82, 2.24) is 4.90 Å². The number of imide groups is 1. The number of benzene rings is 3. The van der Waals surface area contributed by atoms with Crippen molar-refractivity contribution >= 4 is 44.2 Å². The summed E-state index contributed by atoms with van der Waals surface area (Å²) in [7, 11) is 0. The van der Waals surface area contributed by atoms with Gasteiger partial charge in [-0.2, -0.15) is 0 Å². The van der Waals surface area contributed by atoms with Crippen LogP contribution in [0, 0.1) is 17.0 Å². The lowest BCUT2D eigenvalue weighted by molar-refractivity contribution is -0.384. The van der Waals surface area contributed by atoms with Gasteiger partial charge in [0, 0.05) is 28.0 Å². The Morgan fingerprint density at radius 1 is 1.07 bits per heavy atom. The van der Waals surface area contributed by atoms with E-state index in [0.29, 0.717) is 27.5 Å². The van der Waals surface area contributed by atoms with E-state index in [0.717, 1.165) is 14.9 Å². The van der Waals surface area contributed by atoms with Crippen LogP contribution in [-0.4, -0.2) is 28.2 Å². The summed E-state index contributed by atoms with van der Waals surface area (Å²) in [5.41, 5.74) is 2.42. The number of carbonyl (C=O) groups is 2. The van der Waals surface area contributed by atoms with Crippen molar-refractivity contribution in [2.75, 3.05) is 6.54 Å². The first-order chi connectivity index (χ1) is 13.3. The SMILES string of the molecule is CCN1C(=O)c2cccc3c(-c4ccc(Br)c(C)c4)c([N+](=O)[O-])cc(c23)C1=O. The molecule has 4 rings (SSSR count). The molecule has 0 aliphatic carbocycles. The van der Waals surface area contributed by atoms with E-state index in [-0.39, 0.29) is 23.7 Å². The molecule has 0 unspecified atom stereocenters. The van der Waals surface area contributed by atoms with Gasteiger partial charge < -0.3 is 0 Å². The average Bonchev–Trinajstić information content (AvgIpc) is 2.67. The first-order valence-corrected chi connectivity index (χ1v) is 9.51. The van der Waals surface area contributed by atoms with Crippen molar-refractivity contribution in [3.63, 3.8) is 0 Å². The summed E-state index contributed by atoms with van der Waals surface area (Å²) < 4.78 is 0.894. The Balaban J connectivity index is 2.16. The van der Waals surface area contributed by atoms with Crippen molar-refractivity contribution < 1.29 is 14.5 Å². The van der Waals surface area contributed by atoms with Crippen LogP contribution in [0.15, 0.2) is 46.9 Å². The zero-order valence-electron chi connectivity index (χ0n) is 15.2. The lowest BCUT2D eigenvalue weighted by Gasteiger charge is -2.26. The summed E-state index contributed by atoms with van der Waals surface area (Å²) in [6.45, 7) is 3.81. The van der Waals surface area contributed by atoms with Crippen LogP contribution >= 0.6 is 15.9 Å². The summed E-state index contributed by atoms with van der Waals surface area (Å²) in [4.78, 5) is 38.1. The molecule has 0 radical (unpaired) electrons.